The van der Waals surface area contributed by atoms with E-state index in [0.717, 1.165) is 50.9 Å². The van der Waals surface area contributed by atoms with E-state index in [0.29, 0.717) is 12.0 Å². The SMILES string of the molecule is CN=C(NCC1CCN(c2cccc(OC)c2)C1)NC1CCN(c2ccc(C)cc2)C1. The van der Waals surface area contributed by atoms with Gasteiger partial charge >= 0.3 is 0 Å². The molecule has 6 nitrogen and oxygen atoms in total. The first-order chi connectivity index (χ1) is 15.1. The van der Waals surface area contributed by atoms with Gasteiger partial charge in [-0.1, -0.05) is 23.8 Å². The summed E-state index contributed by atoms with van der Waals surface area (Å²) in [4.78, 5) is 9.37. The van der Waals surface area contributed by atoms with Gasteiger partial charge in [0.05, 0.1) is 7.11 Å². The van der Waals surface area contributed by atoms with Gasteiger partial charge in [0, 0.05) is 63.3 Å². The lowest BCUT2D eigenvalue weighted by Crippen LogP contribution is -2.46. The molecule has 2 unspecified atom stereocenters. The Morgan fingerprint density at radius 3 is 2.58 bits per heavy atom. The number of methoxy groups -OCH3 is 1. The molecular formula is C25H35N5O. The number of aliphatic imine (C=N–C) groups is 1. The van der Waals surface area contributed by atoms with Gasteiger partial charge in [-0.15, -0.1) is 0 Å². The number of aryl methyl sites for hydroxylation is 1. The van der Waals surface area contributed by atoms with E-state index in [4.69, 9.17) is 4.74 Å². The second-order valence-corrected chi connectivity index (χ2v) is 8.67. The summed E-state index contributed by atoms with van der Waals surface area (Å²) in [5, 5.41) is 7.19. The topological polar surface area (TPSA) is 52.1 Å². The molecule has 4 rings (SSSR count). The Morgan fingerprint density at radius 2 is 1.81 bits per heavy atom. The predicted octanol–water partition coefficient (Wildman–Crippen LogP) is 3.27. The van der Waals surface area contributed by atoms with Gasteiger partial charge in [0.2, 0.25) is 0 Å². The molecule has 0 spiro atoms. The highest BCUT2D eigenvalue weighted by molar-refractivity contribution is 5.80. The summed E-state index contributed by atoms with van der Waals surface area (Å²) in [6, 6.07) is 17.6. The lowest BCUT2D eigenvalue weighted by Gasteiger charge is -2.22. The van der Waals surface area contributed by atoms with Crippen molar-refractivity contribution in [1.82, 2.24) is 10.6 Å². The van der Waals surface area contributed by atoms with Crippen LogP contribution in [0.1, 0.15) is 18.4 Å². The third-order valence-corrected chi connectivity index (χ3v) is 6.41. The molecule has 0 bridgehead atoms. The number of rotatable bonds is 6. The largest absolute Gasteiger partial charge is 0.497 e. The Kier molecular flexibility index (Phi) is 6.85. The highest BCUT2D eigenvalue weighted by Crippen LogP contribution is 2.26. The summed E-state index contributed by atoms with van der Waals surface area (Å²) in [6.45, 7) is 7.30. The Labute approximate surface area is 186 Å². The van der Waals surface area contributed by atoms with Crippen LogP contribution in [-0.4, -0.2) is 58.9 Å². The quantitative estimate of drug-likeness (QED) is 0.554. The average Bonchev–Trinajstić information content (AvgIpc) is 3.47. The minimum absolute atomic E-state index is 0.421. The molecule has 2 heterocycles. The third kappa shape index (κ3) is 5.43. The van der Waals surface area contributed by atoms with Crippen LogP contribution in [0.2, 0.25) is 0 Å². The van der Waals surface area contributed by atoms with Gasteiger partial charge in [0.25, 0.3) is 0 Å². The number of hydrogen-bond donors (Lipinski definition) is 2. The van der Waals surface area contributed by atoms with Crippen LogP contribution in [0.3, 0.4) is 0 Å². The zero-order valence-electron chi connectivity index (χ0n) is 19.0. The van der Waals surface area contributed by atoms with E-state index >= 15 is 0 Å². The Morgan fingerprint density at radius 1 is 1.03 bits per heavy atom. The second-order valence-electron chi connectivity index (χ2n) is 8.67. The van der Waals surface area contributed by atoms with E-state index in [-0.39, 0.29) is 0 Å². The van der Waals surface area contributed by atoms with Crippen LogP contribution >= 0.6 is 0 Å². The van der Waals surface area contributed by atoms with Crippen molar-refractivity contribution >= 4 is 17.3 Å². The number of hydrogen-bond acceptors (Lipinski definition) is 4. The zero-order chi connectivity index (χ0) is 21.6. The maximum Gasteiger partial charge on any atom is 0.191 e. The van der Waals surface area contributed by atoms with Crippen molar-refractivity contribution in [3.05, 3.63) is 54.1 Å². The van der Waals surface area contributed by atoms with Crippen molar-refractivity contribution in [1.29, 1.82) is 0 Å². The summed E-state index contributed by atoms with van der Waals surface area (Å²) in [7, 11) is 3.58. The molecule has 166 valence electrons. The summed E-state index contributed by atoms with van der Waals surface area (Å²) in [5.41, 5.74) is 3.85. The highest BCUT2D eigenvalue weighted by Gasteiger charge is 2.25. The fourth-order valence-electron chi connectivity index (χ4n) is 4.54. The molecule has 6 heteroatoms. The van der Waals surface area contributed by atoms with E-state index in [2.05, 4.69) is 74.8 Å². The predicted molar refractivity (Wildman–Crippen MR) is 130 cm³/mol. The van der Waals surface area contributed by atoms with Crippen molar-refractivity contribution in [2.45, 2.75) is 25.8 Å². The molecule has 2 aromatic rings. The normalized spacial score (nSPS) is 21.5. The third-order valence-electron chi connectivity index (χ3n) is 6.41. The van der Waals surface area contributed by atoms with Gasteiger partial charge in [-0.05, 0) is 49.9 Å². The summed E-state index contributed by atoms with van der Waals surface area (Å²) in [6.07, 6.45) is 2.31. The molecule has 2 aliphatic heterocycles. The molecule has 2 aromatic carbocycles. The van der Waals surface area contributed by atoms with Crippen molar-refractivity contribution in [3.63, 3.8) is 0 Å². The minimum Gasteiger partial charge on any atom is -0.497 e. The number of nitrogens with zero attached hydrogens (tertiary/aromatic N) is 3. The van der Waals surface area contributed by atoms with Crippen molar-refractivity contribution in [3.8, 4) is 5.75 Å². The molecule has 0 radical (unpaired) electrons. The zero-order valence-corrected chi connectivity index (χ0v) is 19.0. The first kappa shape index (κ1) is 21.3. The number of nitrogens with one attached hydrogen (secondary N) is 2. The fourth-order valence-corrected chi connectivity index (χ4v) is 4.54. The maximum atomic E-state index is 5.37. The minimum atomic E-state index is 0.421. The Balaban J connectivity index is 1.23. The molecule has 0 aliphatic carbocycles. The fraction of sp³-hybridized carbons (Fsp3) is 0.480. The van der Waals surface area contributed by atoms with Crippen molar-refractivity contribution in [2.75, 3.05) is 56.7 Å². The molecule has 2 saturated heterocycles. The first-order valence-corrected chi connectivity index (χ1v) is 11.3. The van der Waals surface area contributed by atoms with Crippen LogP contribution in [0.15, 0.2) is 53.5 Å². The number of guanidine groups is 1. The lowest BCUT2D eigenvalue weighted by atomic mass is 10.1. The van der Waals surface area contributed by atoms with Gasteiger partial charge in [-0.3, -0.25) is 4.99 Å². The molecule has 0 amide bonds. The van der Waals surface area contributed by atoms with Gasteiger partial charge < -0.3 is 25.2 Å². The van der Waals surface area contributed by atoms with Crippen LogP contribution in [0.25, 0.3) is 0 Å². The molecule has 0 saturated carbocycles. The number of ether oxygens (including phenoxy) is 1. The molecule has 2 fully saturated rings. The highest BCUT2D eigenvalue weighted by atomic mass is 16.5. The van der Waals surface area contributed by atoms with E-state index < -0.39 is 0 Å². The van der Waals surface area contributed by atoms with E-state index in [1.165, 1.54) is 23.4 Å². The van der Waals surface area contributed by atoms with Crippen LogP contribution in [0, 0.1) is 12.8 Å². The first-order valence-electron chi connectivity index (χ1n) is 11.3. The molecule has 2 atom stereocenters. The standard InChI is InChI=1S/C25H35N5O/c1-19-7-9-22(10-8-19)30-14-12-21(18-30)28-25(26-2)27-16-20-11-13-29(17-20)23-5-4-6-24(15-23)31-3/h4-10,15,20-21H,11-14,16-18H2,1-3H3,(H2,26,27,28). The van der Waals surface area contributed by atoms with E-state index in [9.17, 15) is 0 Å². The molecule has 2 N–H and O–H groups in total. The monoisotopic (exact) mass is 421 g/mol. The molecular weight excluding hydrogens is 386 g/mol. The van der Waals surface area contributed by atoms with Crippen molar-refractivity contribution in [2.24, 2.45) is 10.9 Å². The Bertz CT molecular complexity index is 882. The summed E-state index contributed by atoms with van der Waals surface area (Å²) >= 11 is 0. The van der Waals surface area contributed by atoms with Gasteiger partial charge in [0.1, 0.15) is 5.75 Å². The van der Waals surface area contributed by atoms with Gasteiger partial charge in [-0.2, -0.15) is 0 Å². The second kappa shape index (κ2) is 9.94. The molecule has 0 aromatic heterocycles. The summed E-state index contributed by atoms with van der Waals surface area (Å²) < 4.78 is 5.37. The van der Waals surface area contributed by atoms with Crippen LogP contribution in [-0.2, 0) is 0 Å². The Hall–Kier alpha value is -2.89. The maximum absolute atomic E-state index is 5.37. The smallest absolute Gasteiger partial charge is 0.191 e. The number of benzene rings is 2. The lowest BCUT2D eigenvalue weighted by molar-refractivity contribution is 0.415. The van der Waals surface area contributed by atoms with Gasteiger partial charge in [-0.25, -0.2) is 0 Å². The number of anilines is 2. The van der Waals surface area contributed by atoms with E-state index in [1.54, 1.807) is 7.11 Å². The average molecular weight is 422 g/mol. The van der Waals surface area contributed by atoms with E-state index in [1.807, 2.05) is 13.1 Å². The van der Waals surface area contributed by atoms with Crippen LogP contribution in [0.4, 0.5) is 11.4 Å². The summed E-state index contributed by atoms with van der Waals surface area (Å²) in [5.74, 6) is 2.44. The van der Waals surface area contributed by atoms with Crippen molar-refractivity contribution < 1.29 is 4.74 Å². The van der Waals surface area contributed by atoms with Crippen LogP contribution < -0.4 is 25.2 Å². The van der Waals surface area contributed by atoms with Gasteiger partial charge in [0.15, 0.2) is 5.96 Å². The van der Waals surface area contributed by atoms with Crippen LogP contribution in [0.5, 0.6) is 5.75 Å². The molecule has 2 aliphatic rings. The molecule has 31 heavy (non-hydrogen) atoms.